The van der Waals surface area contributed by atoms with E-state index in [9.17, 15) is 19.2 Å². The highest BCUT2D eigenvalue weighted by Crippen LogP contribution is 2.38. The van der Waals surface area contributed by atoms with Crippen molar-refractivity contribution in [1.82, 2.24) is 4.90 Å². The number of hydrogen-bond donors (Lipinski definition) is 1. The highest BCUT2D eigenvalue weighted by atomic mass is 35.5. The Balaban J connectivity index is 1.43. The van der Waals surface area contributed by atoms with Crippen LogP contribution >= 0.6 is 11.6 Å². The van der Waals surface area contributed by atoms with E-state index >= 15 is 0 Å². The number of ether oxygens (including phenoxy) is 2. The first-order chi connectivity index (χ1) is 13.9. The lowest BCUT2D eigenvalue weighted by Gasteiger charge is -2.19. The maximum atomic E-state index is 12.4. The minimum absolute atomic E-state index is 0.0147. The Hall–Kier alpha value is -2.61. The zero-order valence-corrected chi connectivity index (χ0v) is 16.9. The maximum Gasteiger partial charge on any atom is 0.308 e. The third-order valence-electron chi connectivity index (χ3n) is 5.27. The lowest BCUT2D eigenvalue weighted by Crippen LogP contribution is -2.33. The Kier molecular flexibility index (Phi) is 6.74. The summed E-state index contributed by atoms with van der Waals surface area (Å²) in [5, 5.41) is 2.90. The standard InChI is InChI=1S/C20H23ClN2O6/c1-28-16-7-6-12(10-15(16)21)22-17(24)11-29-18(25)8-9-23-19(26)13-4-2-3-5-14(13)20(23)27/h6-7,10,13-14H,2-5,8-9,11H2,1H3,(H,22,24)/t13-,14+. The molecule has 1 aliphatic carbocycles. The van der Waals surface area contributed by atoms with E-state index in [-0.39, 0.29) is 36.6 Å². The fraction of sp³-hybridized carbons (Fsp3) is 0.500. The molecule has 1 aromatic carbocycles. The summed E-state index contributed by atoms with van der Waals surface area (Å²) in [7, 11) is 1.48. The number of halogens is 1. The highest BCUT2D eigenvalue weighted by molar-refractivity contribution is 6.32. The third-order valence-corrected chi connectivity index (χ3v) is 5.57. The van der Waals surface area contributed by atoms with Gasteiger partial charge >= 0.3 is 5.97 Å². The topological polar surface area (TPSA) is 102 Å². The molecule has 0 unspecified atom stereocenters. The van der Waals surface area contributed by atoms with Gasteiger partial charge in [-0.1, -0.05) is 24.4 Å². The lowest BCUT2D eigenvalue weighted by molar-refractivity contribution is -0.148. The normalized spacial score (nSPS) is 21.0. The summed E-state index contributed by atoms with van der Waals surface area (Å²) >= 11 is 5.99. The second-order valence-electron chi connectivity index (χ2n) is 7.13. The predicted octanol–water partition coefficient (Wildman–Crippen LogP) is 2.40. The van der Waals surface area contributed by atoms with E-state index in [1.807, 2.05) is 0 Å². The van der Waals surface area contributed by atoms with E-state index in [1.54, 1.807) is 12.1 Å². The van der Waals surface area contributed by atoms with Crippen molar-refractivity contribution in [3.05, 3.63) is 23.2 Å². The van der Waals surface area contributed by atoms with Crippen LogP contribution in [0.15, 0.2) is 18.2 Å². The molecule has 0 radical (unpaired) electrons. The van der Waals surface area contributed by atoms with Crippen LogP contribution in [0.1, 0.15) is 32.1 Å². The van der Waals surface area contributed by atoms with Crippen molar-refractivity contribution >= 4 is 41.0 Å². The molecule has 1 aliphatic heterocycles. The van der Waals surface area contributed by atoms with Crippen LogP contribution in [0.25, 0.3) is 0 Å². The van der Waals surface area contributed by atoms with Crippen LogP contribution in [-0.2, 0) is 23.9 Å². The van der Waals surface area contributed by atoms with Crippen LogP contribution in [0.3, 0.4) is 0 Å². The number of rotatable bonds is 7. The number of nitrogens with one attached hydrogen (secondary N) is 1. The molecular weight excluding hydrogens is 400 g/mol. The SMILES string of the molecule is COc1ccc(NC(=O)COC(=O)CCN2C(=O)[C@H]3CCCC[C@H]3C2=O)cc1Cl. The zero-order chi connectivity index (χ0) is 21.0. The summed E-state index contributed by atoms with van der Waals surface area (Å²) in [4.78, 5) is 49.8. The first-order valence-electron chi connectivity index (χ1n) is 9.55. The van der Waals surface area contributed by atoms with Crippen molar-refractivity contribution in [3.8, 4) is 5.75 Å². The number of carbonyl (C=O) groups is 4. The van der Waals surface area contributed by atoms with Gasteiger partial charge in [-0.2, -0.15) is 0 Å². The summed E-state index contributed by atoms with van der Waals surface area (Å²) < 4.78 is 9.98. The second kappa shape index (κ2) is 9.26. The van der Waals surface area contributed by atoms with Gasteiger partial charge < -0.3 is 14.8 Å². The van der Waals surface area contributed by atoms with Crippen molar-refractivity contribution in [2.75, 3.05) is 25.6 Å². The molecule has 29 heavy (non-hydrogen) atoms. The number of imide groups is 1. The highest BCUT2D eigenvalue weighted by Gasteiger charge is 2.47. The molecular formula is C20H23ClN2O6. The number of amides is 3. The molecule has 0 bridgehead atoms. The van der Waals surface area contributed by atoms with Gasteiger partial charge in [0.2, 0.25) is 11.8 Å². The molecule has 0 aromatic heterocycles. The Morgan fingerprint density at radius 1 is 1.17 bits per heavy atom. The number of nitrogens with zero attached hydrogens (tertiary/aromatic N) is 1. The molecule has 1 heterocycles. The Labute approximate surface area is 173 Å². The number of benzene rings is 1. The summed E-state index contributed by atoms with van der Waals surface area (Å²) in [6, 6.07) is 4.73. The average Bonchev–Trinajstić information content (AvgIpc) is 2.95. The van der Waals surface area contributed by atoms with Crippen LogP contribution in [0.4, 0.5) is 5.69 Å². The molecule has 1 saturated carbocycles. The Morgan fingerprint density at radius 3 is 2.41 bits per heavy atom. The minimum atomic E-state index is -0.650. The molecule has 3 rings (SSSR count). The van der Waals surface area contributed by atoms with Gasteiger partial charge in [-0.15, -0.1) is 0 Å². The molecule has 156 valence electrons. The lowest BCUT2D eigenvalue weighted by atomic mass is 9.81. The summed E-state index contributed by atoms with van der Waals surface area (Å²) in [5.41, 5.74) is 0.438. The van der Waals surface area contributed by atoms with Crippen LogP contribution < -0.4 is 10.1 Å². The monoisotopic (exact) mass is 422 g/mol. The first-order valence-corrected chi connectivity index (χ1v) is 9.92. The molecule has 9 heteroatoms. The number of hydrogen-bond acceptors (Lipinski definition) is 6. The molecule has 3 amide bonds. The van der Waals surface area contributed by atoms with Gasteiger partial charge in [0.1, 0.15) is 5.75 Å². The van der Waals surface area contributed by atoms with E-state index in [1.165, 1.54) is 18.1 Å². The van der Waals surface area contributed by atoms with Crippen molar-refractivity contribution < 1.29 is 28.7 Å². The van der Waals surface area contributed by atoms with E-state index in [2.05, 4.69) is 5.32 Å². The quantitative estimate of drug-likeness (QED) is 0.534. The number of methoxy groups -OCH3 is 1. The average molecular weight is 423 g/mol. The Bertz CT molecular complexity index is 803. The summed E-state index contributed by atoms with van der Waals surface area (Å²) in [6.07, 6.45) is 3.21. The van der Waals surface area contributed by atoms with E-state index in [0.717, 1.165) is 25.7 Å². The van der Waals surface area contributed by atoms with Gasteiger partial charge in [0.05, 0.1) is 30.4 Å². The van der Waals surface area contributed by atoms with Gasteiger partial charge in [0.25, 0.3) is 5.91 Å². The van der Waals surface area contributed by atoms with Gasteiger partial charge in [0, 0.05) is 12.2 Å². The predicted molar refractivity (Wildman–Crippen MR) is 104 cm³/mol. The first kappa shape index (κ1) is 21.1. The van der Waals surface area contributed by atoms with Crippen molar-refractivity contribution in [1.29, 1.82) is 0 Å². The Morgan fingerprint density at radius 2 is 1.83 bits per heavy atom. The number of esters is 1. The van der Waals surface area contributed by atoms with Crippen molar-refractivity contribution in [3.63, 3.8) is 0 Å². The van der Waals surface area contributed by atoms with Crippen LogP contribution in [0, 0.1) is 11.8 Å². The van der Waals surface area contributed by atoms with E-state index < -0.39 is 18.5 Å². The smallest absolute Gasteiger partial charge is 0.308 e. The number of carbonyl (C=O) groups excluding carboxylic acids is 4. The molecule has 1 saturated heterocycles. The maximum absolute atomic E-state index is 12.4. The van der Waals surface area contributed by atoms with Gasteiger partial charge in [-0.05, 0) is 31.0 Å². The number of likely N-dealkylation sites (tertiary alicyclic amines) is 1. The number of fused-ring (bicyclic) bond motifs is 1. The molecule has 0 spiro atoms. The molecule has 2 aliphatic rings. The van der Waals surface area contributed by atoms with Crippen molar-refractivity contribution in [2.24, 2.45) is 11.8 Å². The molecule has 2 atom stereocenters. The van der Waals surface area contributed by atoms with E-state index in [4.69, 9.17) is 21.1 Å². The van der Waals surface area contributed by atoms with Crippen LogP contribution in [0.5, 0.6) is 5.75 Å². The van der Waals surface area contributed by atoms with Crippen LogP contribution in [-0.4, -0.2) is 48.9 Å². The second-order valence-corrected chi connectivity index (χ2v) is 7.54. The fourth-order valence-corrected chi connectivity index (χ4v) is 4.07. The summed E-state index contributed by atoms with van der Waals surface area (Å²) in [5.74, 6) is -1.57. The summed E-state index contributed by atoms with van der Waals surface area (Å²) in [6.45, 7) is -0.491. The van der Waals surface area contributed by atoms with Gasteiger partial charge in [-0.25, -0.2) is 0 Å². The van der Waals surface area contributed by atoms with Crippen molar-refractivity contribution in [2.45, 2.75) is 32.1 Å². The van der Waals surface area contributed by atoms with Gasteiger partial charge in [-0.3, -0.25) is 24.1 Å². The molecule has 1 N–H and O–H groups in total. The fourth-order valence-electron chi connectivity index (χ4n) is 3.81. The number of anilines is 1. The van der Waals surface area contributed by atoms with E-state index in [0.29, 0.717) is 16.5 Å². The largest absolute Gasteiger partial charge is 0.495 e. The zero-order valence-electron chi connectivity index (χ0n) is 16.1. The third kappa shape index (κ3) is 4.87. The minimum Gasteiger partial charge on any atom is -0.495 e. The molecule has 2 fully saturated rings. The molecule has 1 aromatic rings. The van der Waals surface area contributed by atoms with Gasteiger partial charge in [0.15, 0.2) is 6.61 Å². The molecule has 8 nitrogen and oxygen atoms in total. The van der Waals surface area contributed by atoms with Crippen LogP contribution in [0.2, 0.25) is 5.02 Å².